The third kappa shape index (κ3) is 6.24. The highest BCUT2D eigenvalue weighted by atomic mass is 32.2. The van der Waals surface area contributed by atoms with E-state index in [1.54, 1.807) is 0 Å². The fourth-order valence-electron chi connectivity index (χ4n) is 4.67. The minimum absolute atomic E-state index is 0.0660. The zero-order chi connectivity index (χ0) is 27.0. The molecule has 37 heavy (non-hydrogen) atoms. The summed E-state index contributed by atoms with van der Waals surface area (Å²) in [6.45, 7) is 20.2. The van der Waals surface area contributed by atoms with Gasteiger partial charge in [-0.25, -0.2) is 0 Å². The highest BCUT2D eigenvalue weighted by molar-refractivity contribution is 8.00. The monoisotopic (exact) mass is 511 g/mol. The van der Waals surface area contributed by atoms with Gasteiger partial charge in [0.15, 0.2) is 20.3 Å². The second-order valence-electron chi connectivity index (χ2n) is 12.7. The number of rotatable bonds is 5. The van der Waals surface area contributed by atoms with E-state index in [-0.39, 0.29) is 21.7 Å². The zero-order valence-electron chi connectivity index (χ0n) is 24.1. The molecule has 1 unspecified atom stereocenters. The van der Waals surface area contributed by atoms with Crippen LogP contribution in [0.15, 0.2) is 105 Å². The molecule has 1 nitrogen and oxygen atoms in total. The van der Waals surface area contributed by atoms with Gasteiger partial charge < -0.3 is 4.74 Å². The molecular weight excluding hydrogens is 468 g/mol. The first-order chi connectivity index (χ1) is 17.3. The third-order valence-corrected chi connectivity index (χ3v) is 9.66. The molecule has 0 N–H and O–H groups in total. The Bertz CT molecular complexity index is 1230. The summed E-state index contributed by atoms with van der Waals surface area (Å²) < 4.78 is 6.95. The fraction of sp³-hybridized carbons (Fsp3) is 0.371. The number of ether oxygens (including phenoxy) is 1. The molecule has 0 spiro atoms. The predicted octanol–water partition coefficient (Wildman–Crippen LogP) is 9.74. The second-order valence-corrected chi connectivity index (χ2v) is 14.7. The fourth-order valence-corrected chi connectivity index (χ4v) is 7.07. The number of benzene rings is 3. The van der Waals surface area contributed by atoms with Gasteiger partial charge in [0.05, 0.1) is 10.9 Å². The maximum absolute atomic E-state index is 6.95. The van der Waals surface area contributed by atoms with Gasteiger partial charge in [0.2, 0.25) is 0 Å². The van der Waals surface area contributed by atoms with Crippen molar-refractivity contribution in [3.05, 3.63) is 112 Å². The first kappa shape index (κ1) is 27.3. The van der Waals surface area contributed by atoms with Crippen molar-refractivity contribution in [3.8, 4) is 5.75 Å². The van der Waals surface area contributed by atoms with Crippen LogP contribution in [0.2, 0.25) is 0 Å². The van der Waals surface area contributed by atoms with E-state index in [0.717, 1.165) is 12.2 Å². The number of hydrogen-bond acceptors (Lipinski definition) is 1. The lowest BCUT2D eigenvalue weighted by atomic mass is 9.80. The Hall–Kier alpha value is -2.71. The van der Waals surface area contributed by atoms with E-state index in [4.69, 9.17) is 4.74 Å². The summed E-state index contributed by atoms with van der Waals surface area (Å²) in [5, 5.41) is 0. The van der Waals surface area contributed by atoms with Gasteiger partial charge in [0.25, 0.3) is 0 Å². The zero-order valence-corrected chi connectivity index (χ0v) is 24.9. The van der Waals surface area contributed by atoms with E-state index in [1.807, 2.05) is 0 Å². The third-order valence-electron chi connectivity index (χ3n) is 7.18. The lowest BCUT2D eigenvalue weighted by molar-refractivity contribution is 0.137. The summed E-state index contributed by atoms with van der Waals surface area (Å²) in [6.07, 6.45) is 5.67. The van der Waals surface area contributed by atoms with E-state index >= 15 is 0 Å². The molecule has 0 amide bonds. The Kier molecular flexibility index (Phi) is 7.55. The van der Waals surface area contributed by atoms with Gasteiger partial charge in [0.1, 0.15) is 5.75 Å². The average molecular weight is 512 g/mol. The first-order valence-electron chi connectivity index (χ1n) is 13.4. The minimum Gasteiger partial charge on any atom is -0.478 e. The Morgan fingerprint density at radius 2 is 1.16 bits per heavy atom. The van der Waals surface area contributed by atoms with E-state index in [9.17, 15) is 0 Å². The topological polar surface area (TPSA) is 9.23 Å². The predicted molar refractivity (Wildman–Crippen MR) is 161 cm³/mol. The molecule has 1 aliphatic carbocycles. The number of allylic oxidation sites excluding steroid dienone is 2. The summed E-state index contributed by atoms with van der Waals surface area (Å²) in [7, 11) is -0.276. The molecule has 4 rings (SSSR count). The molecule has 1 atom stereocenters. The largest absolute Gasteiger partial charge is 0.478 e. The second kappa shape index (κ2) is 10.2. The summed E-state index contributed by atoms with van der Waals surface area (Å²) in [4.78, 5) is 4.00. The van der Waals surface area contributed by atoms with Gasteiger partial charge in [-0.2, -0.15) is 0 Å². The van der Waals surface area contributed by atoms with Gasteiger partial charge in [-0.05, 0) is 85.2 Å². The maximum atomic E-state index is 6.95. The van der Waals surface area contributed by atoms with Crippen LogP contribution >= 0.6 is 0 Å². The van der Waals surface area contributed by atoms with Crippen molar-refractivity contribution >= 4 is 10.9 Å². The van der Waals surface area contributed by atoms with Gasteiger partial charge in [-0.3, -0.25) is 0 Å². The van der Waals surface area contributed by atoms with Crippen LogP contribution in [0.3, 0.4) is 0 Å². The number of aryl methyl sites for hydroxylation is 2. The van der Waals surface area contributed by atoms with E-state index < -0.39 is 5.60 Å². The van der Waals surface area contributed by atoms with Gasteiger partial charge in [-0.1, -0.05) is 95.1 Å². The molecule has 0 saturated heterocycles. The molecule has 0 radical (unpaired) electrons. The van der Waals surface area contributed by atoms with E-state index in [0.29, 0.717) is 0 Å². The summed E-state index contributed by atoms with van der Waals surface area (Å²) >= 11 is 0. The molecule has 0 aliphatic heterocycles. The summed E-state index contributed by atoms with van der Waals surface area (Å²) in [6, 6.07) is 26.8. The molecule has 0 heterocycles. The van der Waals surface area contributed by atoms with Crippen LogP contribution in [0, 0.1) is 19.3 Å². The number of hydrogen-bond donors (Lipinski definition) is 0. The van der Waals surface area contributed by atoms with Crippen LogP contribution in [-0.4, -0.2) is 5.60 Å². The van der Waals surface area contributed by atoms with Crippen LogP contribution in [-0.2, 0) is 16.3 Å². The molecule has 194 valence electrons. The minimum atomic E-state index is -0.461. The Morgan fingerprint density at radius 1 is 0.676 bits per heavy atom. The van der Waals surface area contributed by atoms with Crippen molar-refractivity contribution in [2.24, 2.45) is 5.41 Å². The maximum Gasteiger partial charge on any atom is 0.187 e. The van der Waals surface area contributed by atoms with Crippen LogP contribution < -0.4 is 4.74 Å². The van der Waals surface area contributed by atoms with Crippen molar-refractivity contribution in [3.63, 3.8) is 0 Å². The Morgan fingerprint density at radius 3 is 1.59 bits per heavy atom. The van der Waals surface area contributed by atoms with Gasteiger partial charge >= 0.3 is 0 Å². The van der Waals surface area contributed by atoms with Crippen molar-refractivity contribution in [2.75, 3.05) is 0 Å². The molecule has 3 aromatic rings. The lowest BCUT2D eigenvalue weighted by Gasteiger charge is -2.36. The van der Waals surface area contributed by atoms with Crippen molar-refractivity contribution in [1.82, 2.24) is 0 Å². The molecule has 0 fully saturated rings. The first-order valence-corrected chi connectivity index (χ1v) is 14.6. The van der Waals surface area contributed by atoms with Crippen LogP contribution in [0.5, 0.6) is 5.75 Å². The molecule has 2 heteroatoms. The van der Waals surface area contributed by atoms with Crippen molar-refractivity contribution in [2.45, 2.75) is 89.5 Å². The smallest absolute Gasteiger partial charge is 0.187 e. The SMILES string of the molecule is Cc1ccc([S+](C2=CC(C(C)(C)C)=CCC2(C)Oc2ccc(C(C)(C)C)cc2)c2ccc(C)cc2)cc1. The van der Waals surface area contributed by atoms with E-state index in [2.05, 4.69) is 147 Å². The molecule has 0 bridgehead atoms. The average Bonchev–Trinajstić information content (AvgIpc) is 2.82. The summed E-state index contributed by atoms with van der Waals surface area (Å²) in [5.74, 6) is 0.922. The highest BCUT2D eigenvalue weighted by Crippen LogP contribution is 2.45. The van der Waals surface area contributed by atoms with Gasteiger partial charge in [-0.15, -0.1) is 0 Å². The van der Waals surface area contributed by atoms with Crippen molar-refractivity contribution < 1.29 is 4.74 Å². The van der Waals surface area contributed by atoms with Crippen LogP contribution in [0.25, 0.3) is 0 Å². The molecule has 3 aromatic carbocycles. The normalized spacial score (nSPS) is 18.4. The standard InChI is InChI=1S/C35H43OS/c1-25-10-18-30(19-11-25)37(31-20-12-26(2)13-21-31)32-24-28(34(6,7)8)22-23-35(32,9)36-29-16-14-27(15-17-29)33(3,4)5/h10-22,24H,23H2,1-9H3/q+1. The van der Waals surface area contributed by atoms with Crippen LogP contribution in [0.1, 0.15) is 71.6 Å². The Balaban J connectivity index is 1.85. The van der Waals surface area contributed by atoms with Crippen LogP contribution in [0.4, 0.5) is 0 Å². The van der Waals surface area contributed by atoms with E-state index in [1.165, 1.54) is 37.0 Å². The lowest BCUT2D eigenvalue weighted by Crippen LogP contribution is -2.40. The molecular formula is C35H43OS+. The molecule has 1 aliphatic rings. The molecule has 0 aromatic heterocycles. The highest BCUT2D eigenvalue weighted by Gasteiger charge is 2.47. The van der Waals surface area contributed by atoms with Crippen molar-refractivity contribution in [1.29, 1.82) is 0 Å². The summed E-state index contributed by atoms with van der Waals surface area (Å²) in [5.41, 5.74) is 4.98. The van der Waals surface area contributed by atoms with Gasteiger partial charge in [0, 0.05) is 6.42 Å². The Labute approximate surface area is 228 Å². The molecule has 0 saturated carbocycles. The quantitative estimate of drug-likeness (QED) is 0.310.